The van der Waals surface area contributed by atoms with Gasteiger partial charge in [0.25, 0.3) is 0 Å². The van der Waals surface area contributed by atoms with Crippen LogP contribution < -0.4 is 10.6 Å². The average Bonchev–Trinajstić information content (AvgIpc) is 2.86. The summed E-state index contributed by atoms with van der Waals surface area (Å²) < 4.78 is 10.9. The minimum atomic E-state index is -0.408. The highest BCUT2D eigenvalue weighted by Crippen LogP contribution is 2.31. The first kappa shape index (κ1) is 18.3. The Morgan fingerprint density at radius 3 is 2.78 bits per heavy atom. The molecule has 0 saturated heterocycles. The van der Waals surface area contributed by atoms with Gasteiger partial charge in [0.15, 0.2) is 5.84 Å². The topological polar surface area (TPSA) is 98.6 Å². The van der Waals surface area contributed by atoms with E-state index in [9.17, 15) is 4.79 Å². The average molecular weight is 364 g/mol. The number of carbonyl (C=O) groups excluding carboxylic acids is 1. The third-order valence-corrected chi connectivity index (χ3v) is 3.89. The van der Waals surface area contributed by atoms with Gasteiger partial charge in [-0.1, -0.05) is 35.6 Å². The minimum Gasteiger partial charge on any atom is -0.489 e. The molecular formula is C20H20N4O3. The molecule has 0 atom stereocenters. The smallest absolute Gasteiger partial charge is 0.334 e. The van der Waals surface area contributed by atoms with Crippen LogP contribution in [-0.2, 0) is 16.1 Å². The van der Waals surface area contributed by atoms with E-state index < -0.39 is 5.97 Å². The number of nitrogens with two attached hydrogens (primary N) is 1. The lowest BCUT2D eigenvalue weighted by Gasteiger charge is -2.08. The van der Waals surface area contributed by atoms with Gasteiger partial charge in [0, 0.05) is 23.6 Å². The second-order valence-corrected chi connectivity index (χ2v) is 5.81. The van der Waals surface area contributed by atoms with E-state index in [2.05, 4.69) is 15.3 Å². The fourth-order valence-electron chi connectivity index (χ4n) is 2.64. The fourth-order valence-corrected chi connectivity index (χ4v) is 2.64. The summed E-state index contributed by atoms with van der Waals surface area (Å²) in [7, 11) is 0. The van der Waals surface area contributed by atoms with E-state index in [4.69, 9.17) is 15.3 Å². The van der Waals surface area contributed by atoms with Gasteiger partial charge < -0.3 is 15.3 Å². The van der Waals surface area contributed by atoms with Gasteiger partial charge in [0.2, 0.25) is 0 Å². The van der Waals surface area contributed by atoms with E-state index in [0.29, 0.717) is 36.1 Å². The Morgan fingerprint density at radius 1 is 1.22 bits per heavy atom. The Hall–Kier alpha value is -3.48. The maximum absolute atomic E-state index is 12.2. The largest absolute Gasteiger partial charge is 0.489 e. The second kappa shape index (κ2) is 8.75. The maximum atomic E-state index is 12.2. The first-order chi connectivity index (χ1) is 13.2. The molecule has 2 N–H and O–H groups in total. The van der Waals surface area contributed by atoms with Gasteiger partial charge in [-0.3, -0.25) is 0 Å². The molecule has 7 nitrogen and oxygen atoms in total. The lowest BCUT2D eigenvalue weighted by atomic mass is 10.1. The quantitative estimate of drug-likeness (QED) is 0.375. The first-order valence-electron chi connectivity index (χ1n) is 8.56. The summed E-state index contributed by atoms with van der Waals surface area (Å²) in [6.45, 7) is 2.50. The van der Waals surface area contributed by atoms with Crippen molar-refractivity contribution in [1.82, 2.24) is 0 Å². The van der Waals surface area contributed by atoms with Crippen molar-refractivity contribution in [2.24, 2.45) is 21.2 Å². The van der Waals surface area contributed by atoms with Crippen molar-refractivity contribution in [3.8, 4) is 5.75 Å². The summed E-state index contributed by atoms with van der Waals surface area (Å²) in [6.07, 6.45) is 1.94. The van der Waals surface area contributed by atoms with Gasteiger partial charge in [0.05, 0.1) is 12.3 Å². The van der Waals surface area contributed by atoms with Gasteiger partial charge in [0.1, 0.15) is 12.4 Å². The molecular weight excluding hydrogens is 344 g/mol. The number of ether oxygens (including phenoxy) is 2. The summed E-state index contributed by atoms with van der Waals surface area (Å²) in [5, 5.41) is 7.12. The number of aliphatic imine (C=N–C) groups is 1. The van der Waals surface area contributed by atoms with E-state index in [0.717, 1.165) is 11.1 Å². The lowest BCUT2D eigenvalue weighted by Crippen LogP contribution is -2.10. The van der Waals surface area contributed by atoms with E-state index >= 15 is 0 Å². The Kier molecular flexibility index (Phi) is 5.94. The molecule has 0 bridgehead atoms. The van der Waals surface area contributed by atoms with Crippen molar-refractivity contribution < 1.29 is 14.3 Å². The summed E-state index contributed by atoms with van der Waals surface area (Å²) in [5.74, 6) is 5.76. The molecule has 0 saturated carbocycles. The number of fused-ring (bicyclic) bond motifs is 1. The van der Waals surface area contributed by atoms with Crippen molar-refractivity contribution in [1.29, 1.82) is 0 Å². The van der Waals surface area contributed by atoms with E-state index in [1.54, 1.807) is 19.1 Å². The number of nitrogens with zero attached hydrogens (tertiary/aromatic N) is 3. The van der Waals surface area contributed by atoms with Crippen LogP contribution in [0.2, 0.25) is 0 Å². The monoisotopic (exact) mass is 364 g/mol. The molecule has 3 rings (SSSR count). The Labute approximate surface area is 157 Å². The van der Waals surface area contributed by atoms with Gasteiger partial charge in [-0.15, -0.1) is 5.11 Å². The zero-order valence-corrected chi connectivity index (χ0v) is 15.0. The van der Waals surface area contributed by atoms with Crippen LogP contribution >= 0.6 is 0 Å². The molecule has 7 heteroatoms. The summed E-state index contributed by atoms with van der Waals surface area (Å²) >= 11 is 0. The Balaban J connectivity index is 1.88. The highest BCUT2D eigenvalue weighted by Gasteiger charge is 2.19. The van der Waals surface area contributed by atoms with Crippen molar-refractivity contribution in [3.63, 3.8) is 0 Å². The van der Waals surface area contributed by atoms with Gasteiger partial charge in [-0.05, 0) is 30.7 Å². The predicted octanol–water partition coefficient (Wildman–Crippen LogP) is 3.97. The fraction of sp³-hybridized carbons (Fsp3) is 0.200. The van der Waals surface area contributed by atoms with Gasteiger partial charge in [-0.25, -0.2) is 9.79 Å². The Bertz CT molecular complexity index is 905. The number of hydrogen-bond acceptors (Lipinski definition) is 6. The molecule has 1 aliphatic heterocycles. The number of esters is 1. The third kappa shape index (κ3) is 4.78. The van der Waals surface area contributed by atoms with E-state index in [-0.39, 0.29) is 6.42 Å². The molecule has 2 aromatic carbocycles. The third-order valence-electron chi connectivity index (χ3n) is 3.89. The molecule has 27 heavy (non-hydrogen) atoms. The van der Waals surface area contributed by atoms with Crippen LogP contribution in [0.5, 0.6) is 5.75 Å². The number of amidine groups is 1. The number of rotatable bonds is 5. The van der Waals surface area contributed by atoms with Crippen molar-refractivity contribution >= 4 is 23.6 Å². The zero-order chi connectivity index (χ0) is 19.1. The highest BCUT2D eigenvalue weighted by atomic mass is 16.5. The van der Waals surface area contributed by atoms with Gasteiger partial charge >= 0.3 is 5.97 Å². The van der Waals surface area contributed by atoms with Crippen LogP contribution in [0, 0.1) is 0 Å². The van der Waals surface area contributed by atoms with E-state index in [1.807, 2.05) is 42.5 Å². The molecule has 2 aromatic rings. The van der Waals surface area contributed by atoms with E-state index in [1.165, 1.54) is 0 Å². The number of carbonyl (C=O) groups is 1. The molecule has 1 heterocycles. The van der Waals surface area contributed by atoms with Crippen molar-refractivity contribution in [3.05, 3.63) is 65.2 Å². The summed E-state index contributed by atoms with van der Waals surface area (Å²) in [5.41, 5.74) is 2.91. The number of benzene rings is 2. The van der Waals surface area contributed by atoms with Crippen molar-refractivity contribution in [2.75, 3.05) is 6.61 Å². The molecule has 0 aromatic heterocycles. The van der Waals surface area contributed by atoms with Crippen LogP contribution in [0.1, 0.15) is 24.5 Å². The predicted molar refractivity (Wildman–Crippen MR) is 103 cm³/mol. The molecule has 138 valence electrons. The summed E-state index contributed by atoms with van der Waals surface area (Å²) in [6, 6.07) is 15.4. The van der Waals surface area contributed by atoms with Gasteiger partial charge in [-0.2, -0.15) is 0 Å². The number of hydrogen-bond donors (Lipinski definition) is 1. The molecule has 0 spiro atoms. The molecule has 0 aliphatic carbocycles. The standard InChI is InChI=1S/C20H20N4O3/c1-2-26-20(25)16-10-15-8-9-17(27-13-14-6-4-3-5-7-14)12-18(15)22-19(11-16)23-24-21/h3-10,12H,2,11,13H2,1H3,(H2,21,22,23). The Morgan fingerprint density at radius 2 is 2.04 bits per heavy atom. The van der Waals surface area contributed by atoms with Crippen molar-refractivity contribution in [2.45, 2.75) is 20.0 Å². The molecule has 1 aliphatic rings. The molecule has 0 radical (unpaired) electrons. The summed E-state index contributed by atoms with van der Waals surface area (Å²) in [4.78, 5) is 16.6. The van der Waals surface area contributed by atoms with Crippen LogP contribution in [-0.4, -0.2) is 18.4 Å². The normalized spacial score (nSPS) is 13.4. The molecule has 0 unspecified atom stereocenters. The maximum Gasteiger partial charge on any atom is 0.334 e. The molecule has 0 amide bonds. The lowest BCUT2D eigenvalue weighted by molar-refractivity contribution is -0.138. The zero-order valence-electron chi connectivity index (χ0n) is 15.0. The highest BCUT2D eigenvalue weighted by molar-refractivity contribution is 6.03. The minimum absolute atomic E-state index is 0.189. The second-order valence-electron chi connectivity index (χ2n) is 5.81. The van der Waals surface area contributed by atoms with Crippen LogP contribution in [0.25, 0.3) is 6.08 Å². The van der Waals surface area contributed by atoms with Crippen LogP contribution in [0.4, 0.5) is 5.69 Å². The first-order valence-corrected chi connectivity index (χ1v) is 8.56. The SMILES string of the molecule is CCOC(=O)C1=Cc2ccc(OCc3ccccc3)cc2N=C(N=NN)C1. The van der Waals surface area contributed by atoms with Crippen LogP contribution in [0.3, 0.4) is 0 Å². The molecule has 0 fully saturated rings. The van der Waals surface area contributed by atoms with Crippen LogP contribution in [0.15, 0.2) is 69.4 Å².